The molecule has 0 aliphatic carbocycles. The van der Waals surface area contributed by atoms with Gasteiger partial charge in [-0.05, 0) is 48.4 Å². The third-order valence-electron chi connectivity index (χ3n) is 3.44. The highest BCUT2D eigenvalue weighted by atomic mass is 32.2. The van der Waals surface area contributed by atoms with Gasteiger partial charge < -0.3 is 9.47 Å². The lowest BCUT2D eigenvalue weighted by atomic mass is 10.1. The summed E-state index contributed by atoms with van der Waals surface area (Å²) in [6.45, 7) is -2.87. The highest BCUT2D eigenvalue weighted by Crippen LogP contribution is 2.29. The molecule has 0 unspecified atom stereocenters. The first-order valence-corrected chi connectivity index (χ1v) is 8.95. The predicted octanol–water partition coefficient (Wildman–Crippen LogP) is 2.69. The average Bonchev–Trinajstić information content (AvgIpc) is 2.62. The van der Waals surface area contributed by atoms with E-state index in [0.29, 0.717) is 17.5 Å². The summed E-state index contributed by atoms with van der Waals surface area (Å²) >= 11 is 0. The molecule has 9 heteroatoms. The number of nitrogens with one attached hydrogen (secondary N) is 1. The van der Waals surface area contributed by atoms with Gasteiger partial charge in [0, 0.05) is 6.54 Å². The number of nitriles is 1. The summed E-state index contributed by atoms with van der Waals surface area (Å²) in [5, 5.41) is 8.73. The number of halogens is 2. The molecule has 26 heavy (non-hydrogen) atoms. The van der Waals surface area contributed by atoms with E-state index >= 15 is 0 Å². The Hall–Kier alpha value is -2.70. The smallest absolute Gasteiger partial charge is 0.387 e. The minimum absolute atomic E-state index is 0.0507. The fraction of sp³-hybridized carbons (Fsp3) is 0.235. The molecule has 0 atom stereocenters. The van der Waals surface area contributed by atoms with Crippen LogP contribution in [0.5, 0.6) is 11.5 Å². The number of benzene rings is 2. The molecule has 0 radical (unpaired) electrons. The minimum Gasteiger partial charge on any atom is -0.493 e. The fourth-order valence-electron chi connectivity index (χ4n) is 2.18. The summed E-state index contributed by atoms with van der Waals surface area (Å²) in [5.74, 6) is 0.0437. The van der Waals surface area contributed by atoms with Crippen LogP contribution in [0.3, 0.4) is 0 Å². The van der Waals surface area contributed by atoms with Crippen molar-refractivity contribution in [2.75, 3.05) is 13.7 Å². The van der Waals surface area contributed by atoms with Gasteiger partial charge in [0.1, 0.15) is 0 Å². The Morgan fingerprint density at radius 1 is 1.15 bits per heavy atom. The zero-order valence-electron chi connectivity index (χ0n) is 13.8. The number of nitrogens with zero attached hydrogens (tertiary/aromatic N) is 1. The van der Waals surface area contributed by atoms with Gasteiger partial charge in [-0.15, -0.1) is 0 Å². The molecule has 0 amide bonds. The summed E-state index contributed by atoms with van der Waals surface area (Å²) in [6, 6.07) is 11.8. The van der Waals surface area contributed by atoms with Crippen LogP contribution in [0.4, 0.5) is 8.78 Å². The molecule has 0 heterocycles. The van der Waals surface area contributed by atoms with E-state index in [2.05, 4.69) is 9.46 Å². The van der Waals surface area contributed by atoms with Crippen molar-refractivity contribution in [2.24, 2.45) is 0 Å². The molecule has 0 aliphatic rings. The number of hydrogen-bond acceptors (Lipinski definition) is 5. The van der Waals surface area contributed by atoms with Gasteiger partial charge in [-0.1, -0.05) is 6.07 Å². The van der Waals surface area contributed by atoms with Gasteiger partial charge in [0.05, 0.1) is 23.6 Å². The van der Waals surface area contributed by atoms with Crippen molar-refractivity contribution in [3.05, 3.63) is 53.6 Å². The summed E-state index contributed by atoms with van der Waals surface area (Å²) in [4.78, 5) is 0.0507. The maximum atomic E-state index is 12.3. The first kappa shape index (κ1) is 19.6. The van der Waals surface area contributed by atoms with Gasteiger partial charge in [-0.25, -0.2) is 13.1 Å². The summed E-state index contributed by atoms with van der Waals surface area (Å²) in [7, 11) is -2.39. The van der Waals surface area contributed by atoms with Crippen molar-refractivity contribution in [2.45, 2.75) is 17.9 Å². The van der Waals surface area contributed by atoms with Gasteiger partial charge in [-0.3, -0.25) is 0 Å². The van der Waals surface area contributed by atoms with E-state index < -0.39 is 16.6 Å². The van der Waals surface area contributed by atoms with Crippen LogP contribution in [0.25, 0.3) is 0 Å². The molecule has 2 aromatic carbocycles. The quantitative estimate of drug-likeness (QED) is 0.758. The number of sulfonamides is 1. The van der Waals surface area contributed by atoms with Crippen LogP contribution in [0.15, 0.2) is 47.4 Å². The monoisotopic (exact) mass is 382 g/mol. The Morgan fingerprint density at radius 2 is 1.85 bits per heavy atom. The van der Waals surface area contributed by atoms with Crippen LogP contribution < -0.4 is 14.2 Å². The lowest BCUT2D eigenvalue weighted by Gasteiger charge is -2.12. The van der Waals surface area contributed by atoms with Crippen LogP contribution in [0.1, 0.15) is 11.1 Å². The number of hydrogen-bond donors (Lipinski definition) is 1. The molecule has 0 aromatic heterocycles. The SMILES string of the molecule is COc1cc(CCNS(=O)(=O)c2ccc(C#N)cc2)ccc1OC(F)F. The minimum atomic E-state index is -3.71. The third kappa shape index (κ3) is 5.15. The molecule has 0 bridgehead atoms. The molecule has 2 aromatic rings. The topological polar surface area (TPSA) is 88.4 Å². The molecular weight excluding hydrogens is 366 g/mol. The zero-order valence-corrected chi connectivity index (χ0v) is 14.6. The molecule has 1 N–H and O–H groups in total. The predicted molar refractivity (Wildman–Crippen MR) is 89.7 cm³/mol. The van der Waals surface area contributed by atoms with Crippen molar-refractivity contribution in [1.82, 2.24) is 4.72 Å². The largest absolute Gasteiger partial charge is 0.493 e. The standard InChI is InChI=1S/C17H16F2N2O4S/c1-24-16-10-12(4-7-15(16)25-17(18)19)8-9-21-26(22,23)14-5-2-13(11-20)3-6-14/h2-7,10,17,21H,8-9H2,1H3. The Labute approximate surface area is 150 Å². The molecule has 0 saturated heterocycles. The Bertz CT molecular complexity index is 894. The van der Waals surface area contributed by atoms with E-state index in [4.69, 9.17) is 10.00 Å². The van der Waals surface area contributed by atoms with Crippen LogP contribution >= 0.6 is 0 Å². The van der Waals surface area contributed by atoms with E-state index in [1.165, 1.54) is 43.5 Å². The van der Waals surface area contributed by atoms with Gasteiger partial charge >= 0.3 is 6.61 Å². The second-order valence-electron chi connectivity index (χ2n) is 5.15. The Morgan fingerprint density at radius 3 is 2.42 bits per heavy atom. The first-order chi connectivity index (χ1) is 12.4. The third-order valence-corrected chi connectivity index (χ3v) is 4.92. The van der Waals surface area contributed by atoms with Crippen LogP contribution in [-0.4, -0.2) is 28.7 Å². The van der Waals surface area contributed by atoms with Crippen molar-refractivity contribution in [3.63, 3.8) is 0 Å². The maximum absolute atomic E-state index is 12.3. The highest BCUT2D eigenvalue weighted by Gasteiger charge is 2.14. The normalized spacial score (nSPS) is 11.2. The van der Waals surface area contributed by atoms with Gasteiger partial charge in [0.2, 0.25) is 10.0 Å². The van der Waals surface area contributed by atoms with E-state index in [1.807, 2.05) is 6.07 Å². The maximum Gasteiger partial charge on any atom is 0.387 e. The first-order valence-electron chi connectivity index (χ1n) is 7.47. The lowest BCUT2D eigenvalue weighted by Crippen LogP contribution is -2.26. The fourth-order valence-corrected chi connectivity index (χ4v) is 3.21. The second-order valence-corrected chi connectivity index (χ2v) is 6.91. The summed E-state index contributed by atoms with van der Waals surface area (Å²) in [6.07, 6.45) is 0.320. The molecule has 6 nitrogen and oxygen atoms in total. The lowest BCUT2D eigenvalue weighted by molar-refractivity contribution is -0.0512. The van der Waals surface area contributed by atoms with Gasteiger partial charge in [0.15, 0.2) is 11.5 Å². The van der Waals surface area contributed by atoms with Crippen LogP contribution in [-0.2, 0) is 16.4 Å². The van der Waals surface area contributed by atoms with Crippen molar-refractivity contribution in [3.8, 4) is 17.6 Å². The van der Waals surface area contributed by atoms with Crippen molar-refractivity contribution in [1.29, 1.82) is 5.26 Å². The van der Waals surface area contributed by atoms with E-state index in [9.17, 15) is 17.2 Å². The van der Waals surface area contributed by atoms with Crippen LogP contribution in [0, 0.1) is 11.3 Å². The molecule has 138 valence electrons. The molecule has 0 aliphatic heterocycles. The highest BCUT2D eigenvalue weighted by molar-refractivity contribution is 7.89. The molecule has 0 saturated carbocycles. The molecule has 0 spiro atoms. The summed E-state index contributed by atoms with van der Waals surface area (Å²) in [5.41, 5.74) is 1.05. The second kappa shape index (κ2) is 8.60. The molecule has 0 fully saturated rings. The van der Waals surface area contributed by atoms with Crippen molar-refractivity contribution < 1.29 is 26.7 Å². The number of alkyl halides is 2. The number of methoxy groups -OCH3 is 1. The Balaban J connectivity index is 2.01. The van der Waals surface area contributed by atoms with Crippen LogP contribution in [0.2, 0.25) is 0 Å². The van der Waals surface area contributed by atoms with E-state index in [-0.39, 0.29) is 22.9 Å². The van der Waals surface area contributed by atoms with E-state index in [0.717, 1.165) is 0 Å². The van der Waals surface area contributed by atoms with E-state index in [1.54, 1.807) is 6.07 Å². The Kier molecular flexibility index (Phi) is 6.49. The zero-order chi connectivity index (χ0) is 19.2. The summed E-state index contributed by atoms with van der Waals surface area (Å²) < 4.78 is 60.8. The number of rotatable bonds is 8. The number of ether oxygens (including phenoxy) is 2. The van der Waals surface area contributed by atoms with Crippen molar-refractivity contribution >= 4 is 10.0 Å². The van der Waals surface area contributed by atoms with Gasteiger partial charge in [0.25, 0.3) is 0 Å². The molecular formula is C17H16F2N2O4S. The average molecular weight is 382 g/mol. The van der Waals surface area contributed by atoms with Gasteiger partial charge in [-0.2, -0.15) is 14.0 Å². The molecule has 2 rings (SSSR count).